The second kappa shape index (κ2) is 8.72. The Morgan fingerprint density at radius 1 is 1.29 bits per heavy atom. The number of carbonyl (C=O) groups is 2. The van der Waals surface area contributed by atoms with E-state index in [0.717, 1.165) is 12.8 Å². The fourth-order valence-electron chi connectivity index (χ4n) is 2.13. The Bertz CT molecular complexity index is 485. The van der Waals surface area contributed by atoms with Gasteiger partial charge in [-0.25, -0.2) is 0 Å². The van der Waals surface area contributed by atoms with Crippen molar-refractivity contribution in [3.63, 3.8) is 0 Å². The van der Waals surface area contributed by atoms with Crippen LogP contribution in [0.15, 0.2) is 12.3 Å². The van der Waals surface area contributed by atoms with Gasteiger partial charge in [0.2, 0.25) is 0 Å². The molecule has 0 aromatic carbocycles. The van der Waals surface area contributed by atoms with Gasteiger partial charge < -0.3 is 14.2 Å². The summed E-state index contributed by atoms with van der Waals surface area (Å²) in [6.45, 7) is 7.24. The van der Waals surface area contributed by atoms with Crippen molar-refractivity contribution in [2.45, 2.75) is 40.2 Å². The summed E-state index contributed by atoms with van der Waals surface area (Å²) in [7, 11) is 0. The van der Waals surface area contributed by atoms with E-state index < -0.39 is 0 Å². The van der Waals surface area contributed by atoms with Crippen LogP contribution in [0.25, 0.3) is 0 Å². The van der Waals surface area contributed by atoms with Crippen LogP contribution >= 0.6 is 11.6 Å². The lowest BCUT2D eigenvalue weighted by atomic mass is 10.3. The lowest BCUT2D eigenvalue weighted by Gasteiger charge is -2.21. The third-order valence-electron chi connectivity index (χ3n) is 2.95. The van der Waals surface area contributed by atoms with Gasteiger partial charge in [-0.15, -0.1) is 0 Å². The van der Waals surface area contributed by atoms with Crippen molar-refractivity contribution >= 4 is 23.5 Å². The van der Waals surface area contributed by atoms with Crippen molar-refractivity contribution < 1.29 is 14.3 Å². The lowest BCUT2D eigenvalue weighted by molar-refractivity contribution is -0.143. The first-order valence-corrected chi connectivity index (χ1v) is 7.71. The number of carbonyl (C=O) groups excluding carboxylic acids is 2. The molecular formula is C15H23ClN2O3. The highest BCUT2D eigenvalue weighted by Crippen LogP contribution is 2.17. The van der Waals surface area contributed by atoms with Crippen LogP contribution in [0.1, 0.15) is 44.1 Å². The van der Waals surface area contributed by atoms with Gasteiger partial charge >= 0.3 is 5.97 Å². The topological polar surface area (TPSA) is 51.5 Å². The number of ether oxygens (including phenoxy) is 1. The molecule has 0 radical (unpaired) electrons. The summed E-state index contributed by atoms with van der Waals surface area (Å²) in [6, 6.07) is 1.65. The summed E-state index contributed by atoms with van der Waals surface area (Å²) in [6.07, 6.45) is 3.41. The minimum atomic E-state index is -0.390. The van der Waals surface area contributed by atoms with Crippen molar-refractivity contribution in [3.8, 4) is 0 Å². The molecule has 0 atom stereocenters. The average molecular weight is 315 g/mol. The quantitative estimate of drug-likeness (QED) is 0.693. The number of esters is 1. The zero-order chi connectivity index (χ0) is 15.8. The maximum Gasteiger partial charge on any atom is 0.325 e. The largest absolute Gasteiger partial charge is 0.465 e. The molecule has 0 unspecified atom stereocenters. The second-order valence-electron chi connectivity index (χ2n) is 4.77. The zero-order valence-corrected chi connectivity index (χ0v) is 13.7. The molecule has 5 nitrogen and oxygen atoms in total. The molecule has 0 spiro atoms. The third-order valence-corrected chi connectivity index (χ3v) is 3.16. The van der Waals surface area contributed by atoms with Crippen molar-refractivity contribution in [1.29, 1.82) is 0 Å². The van der Waals surface area contributed by atoms with Crippen molar-refractivity contribution in [2.24, 2.45) is 0 Å². The highest BCUT2D eigenvalue weighted by atomic mass is 35.5. The fraction of sp³-hybridized carbons (Fsp3) is 0.600. The Morgan fingerprint density at radius 3 is 2.57 bits per heavy atom. The summed E-state index contributed by atoms with van der Waals surface area (Å²) < 4.78 is 6.75. The highest BCUT2D eigenvalue weighted by molar-refractivity contribution is 6.31. The van der Waals surface area contributed by atoms with E-state index in [-0.39, 0.29) is 18.4 Å². The maximum atomic E-state index is 12.6. The molecule has 0 aliphatic rings. The number of rotatable bonds is 8. The van der Waals surface area contributed by atoms with E-state index in [0.29, 0.717) is 30.4 Å². The minimum absolute atomic E-state index is 0.0323. The Morgan fingerprint density at radius 2 is 2.00 bits per heavy atom. The third kappa shape index (κ3) is 5.08. The van der Waals surface area contributed by atoms with Gasteiger partial charge in [0.25, 0.3) is 5.91 Å². The number of hydrogen-bond acceptors (Lipinski definition) is 3. The van der Waals surface area contributed by atoms with Crippen LogP contribution in [0, 0.1) is 0 Å². The van der Waals surface area contributed by atoms with Crippen LogP contribution in [0.3, 0.4) is 0 Å². The number of hydrogen-bond donors (Lipinski definition) is 0. The number of amides is 1. The molecule has 1 heterocycles. The van der Waals surface area contributed by atoms with Crippen LogP contribution in [0.5, 0.6) is 0 Å². The minimum Gasteiger partial charge on any atom is -0.465 e. The van der Waals surface area contributed by atoms with Crippen molar-refractivity contribution in [2.75, 3.05) is 19.7 Å². The van der Waals surface area contributed by atoms with Crippen molar-refractivity contribution in [1.82, 2.24) is 9.47 Å². The smallest absolute Gasteiger partial charge is 0.325 e. The molecule has 0 saturated carbocycles. The van der Waals surface area contributed by atoms with Gasteiger partial charge in [-0.2, -0.15) is 0 Å². The Labute approximate surface area is 130 Å². The molecule has 1 rings (SSSR count). The fourth-order valence-corrected chi connectivity index (χ4v) is 2.35. The molecule has 1 aromatic rings. The standard InChI is InChI=1S/C15H23ClN2O3/c1-4-7-17-10-12(16)9-13(17)15(20)18(8-5-2)11-14(19)21-6-3/h9-10H,4-8,11H2,1-3H3. The summed E-state index contributed by atoms with van der Waals surface area (Å²) in [4.78, 5) is 25.8. The van der Waals surface area contributed by atoms with E-state index in [2.05, 4.69) is 0 Å². The Balaban J connectivity index is 2.92. The van der Waals surface area contributed by atoms with Crippen LogP contribution < -0.4 is 0 Å². The predicted octanol–water partition coefficient (Wildman–Crippen LogP) is 2.97. The van der Waals surface area contributed by atoms with Gasteiger partial charge in [-0.1, -0.05) is 25.4 Å². The number of nitrogens with zero attached hydrogens (tertiary/aromatic N) is 2. The maximum absolute atomic E-state index is 12.6. The summed E-state index contributed by atoms with van der Waals surface area (Å²) in [5.74, 6) is -0.579. The van der Waals surface area contributed by atoms with Crippen LogP contribution in [-0.2, 0) is 16.1 Å². The SMILES string of the molecule is CCCN(CC(=O)OCC)C(=O)c1cc(Cl)cn1CCC. The van der Waals surface area contributed by atoms with Gasteiger partial charge in [0.15, 0.2) is 0 Å². The summed E-state index contributed by atoms with van der Waals surface area (Å²) in [5, 5.41) is 0.527. The number of halogens is 1. The van der Waals surface area contributed by atoms with E-state index >= 15 is 0 Å². The van der Waals surface area contributed by atoms with Gasteiger partial charge in [-0.3, -0.25) is 9.59 Å². The monoisotopic (exact) mass is 314 g/mol. The van der Waals surface area contributed by atoms with Crippen LogP contribution in [0.2, 0.25) is 5.02 Å². The van der Waals surface area contributed by atoms with E-state index in [4.69, 9.17) is 16.3 Å². The summed E-state index contributed by atoms with van der Waals surface area (Å²) in [5.41, 5.74) is 0.514. The first-order valence-electron chi connectivity index (χ1n) is 7.34. The predicted molar refractivity (Wildman–Crippen MR) is 82.6 cm³/mol. The molecule has 0 fully saturated rings. The molecule has 0 aliphatic heterocycles. The summed E-state index contributed by atoms with van der Waals surface area (Å²) >= 11 is 6.00. The zero-order valence-electron chi connectivity index (χ0n) is 12.9. The molecule has 6 heteroatoms. The van der Waals surface area contributed by atoms with E-state index in [1.807, 2.05) is 18.4 Å². The molecule has 21 heavy (non-hydrogen) atoms. The van der Waals surface area contributed by atoms with Crippen LogP contribution in [-0.4, -0.2) is 41.0 Å². The normalized spacial score (nSPS) is 10.5. The van der Waals surface area contributed by atoms with E-state index in [1.54, 1.807) is 19.2 Å². The van der Waals surface area contributed by atoms with E-state index in [9.17, 15) is 9.59 Å². The Kier molecular flexibility index (Phi) is 7.29. The van der Waals surface area contributed by atoms with Gasteiger partial charge in [-0.05, 0) is 25.8 Å². The first kappa shape index (κ1) is 17.6. The average Bonchev–Trinajstić information content (AvgIpc) is 2.79. The first-order chi connectivity index (χ1) is 10.0. The van der Waals surface area contributed by atoms with Gasteiger partial charge in [0.1, 0.15) is 12.2 Å². The lowest BCUT2D eigenvalue weighted by Crippen LogP contribution is -2.38. The highest BCUT2D eigenvalue weighted by Gasteiger charge is 2.22. The Hall–Kier alpha value is -1.49. The van der Waals surface area contributed by atoms with Gasteiger partial charge in [0, 0.05) is 19.3 Å². The van der Waals surface area contributed by atoms with E-state index in [1.165, 1.54) is 4.90 Å². The van der Waals surface area contributed by atoms with Gasteiger partial charge in [0.05, 0.1) is 11.6 Å². The molecular weight excluding hydrogens is 292 g/mol. The van der Waals surface area contributed by atoms with Crippen LogP contribution in [0.4, 0.5) is 0 Å². The molecule has 0 aliphatic carbocycles. The molecule has 118 valence electrons. The van der Waals surface area contributed by atoms with Crippen molar-refractivity contribution in [3.05, 3.63) is 23.0 Å². The molecule has 0 N–H and O–H groups in total. The number of aromatic nitrogens is 1. The molecule has 1 aromatic heterocycles. The number of aryl methyl sites for hydroxylation is 1. The second-order valence-corrected chi connectivity index (χ2v) is 5.21. The molecule has 0 bridgehead atoms. The molecule has 1 amide bonds. The molecule has 0 saturated heterocycles.